The lowest BCUT2D eigenvalue weighted by Crippen LogP contribution is -2.52. The van der Waals surface area contributed by atoms with Crippen LogP contribution < -0.4 is 11.2 Å². The molecule has 0 radical (unpaired) electrons. The molecule has 1 aromatic heterocycles. The van der Waals surface area contributed by atoms with E-state index < -0.39 is 23.0 Å². The van der Waals surface area contributed by atoms with E-state index in [1.165, 1.54) is 6.21 Å². The van der Waals surface area contributed by atoms with Crippen molar-refractivity contribution >= 4 is 45.3 Å². The van der Waals surface area contributed by atoms with Crippen molar-refractivity contribution in [1.29, 1.82) is 0 Å². The van der Waals surface area contributed by atoms with Gasteiger partial charge in [-0.05, 0) is 33.6 Å². The zero-order chi connectivity index (χ0) is 22.2. The Kier molecular flexibility index (Phi) is 5.61. The van der Waals surface area contributed by atoms with Gasteiger partial charge in [0.05, 0.1) is 18.4 Å². The average molecular weight is 436 g/mol. The van der Waals surface area contributed by atoms with Gasteiger partial charge < -0.3 is 10.8 Å². The van der Waals surface area contributed by atoms with Gasteiger partial charge in [0.2, 0.25) is 10.0 Å². The highest BCUT2D eigenvalue weighted by Crippen LogP contribution is 2.22. The molecule has 0 saturated heterocycles. The monoisotopic (exact) mass is 436 g/mol. The fraction of sp³-hybridized carbons (Fsp3) is 0.190. The van der Waals surface area contributed by atoms with Crippen molar-refractivity contribution in [1.82, 2.24) is 9.31 Å². The second-order valence-electron chi connectivity index (χ2n) is 7.53. The fourth-order valence-electron chi connectivity index (χ4n) is 3.74. The van der Waals surface area contributed by atoms with Gasteiger partial charge in [-0.1, -0.05) is 36.4 Å². The molecule has 2 heterocycles. The first-order valence-electron chi connectivity index (χ1n) is 9.68. The van der Waals surface area contributed by atoms with Gasteiger partial charge in [-0.2, -0.15) is 5.10 Å². The molecule has 2 aromatic carbocycles. The molecule has 0 spiro atoms. The van der Waals surface area contributed by atoms with Gasteiger partial charge in [0.25, 0.3) is 0 Å². The Morgan fingerprint density at radius 3 is 2.74 bits per heavy atom. The van der Waals surface area contributed by atoms with E-state index in [0.29, 0.717) is 20.9 Å². The van der Waals surface area contributed by atoms with Gasteiger partial charge >= 0.3 is 7.05 Å². The number of aromatic nitrogens is 1. The summed E-state index contributed by atoms with van der Waals surface area (Å²) in [6.07, 6.45) is 6.02. The number of hydrogen-bond acceptors (Lipinski definition) is 7. The standard InChI is InChI=1S/C21H21BN4O4S/c1-31(29,30)26-22(28)20-10-16(4-5-18(20)13-25-26)19(11-23)21(27)9-14-2-3-17-12-24-7-6-15(17)8-14/h2-8,10,12-13,19,28H,9,11,23H2,1H3. The van der Waals surface area contributed by atoms with Crippen molar-refractivity contribution in [2.75, 3.05) is 12.8 Å². The number of nitrogens with two attached hydrogens (primary N) is 1. The lowest BCUT2D eigenvalue weighted by Gasteiger charge is -2.25. The van der Waals surface area contributed by atoms with Gasteiger partial charge in [-0.15, -0.1) is 0 Å². The number of nitrogens with zero attached hydrogens (tertiary/aromatic N) is 3. The molecule has 1 atom stereocenters. The highest BCUT2D eigenvalue weighted by molar-refractivity contribution is 7.89. The van der Waals surface area contributed by atoms with Crippen molar-refractivity contribution in [2.45, 2.75) is 12.3 Å². The molecule has 8 nitrogen and oxygen atoms in total. The number of benzene rings is 2. The van der Waals surface area contributed by atoms with Gasteiger partial charge in [-0.25, -0.2) is 12.7 Å². The Labute approximate surface area is 180 Å². The van der Waals surface area contributed by atoms with Gasteiger partial charge in [-0.3, -0.25) is 9.78 Å². The van der Waals surface area contributed by atoms with Gasteiger partial charge in [0.15, 0.2) is 0 Å². The quantitative estimate of drug-likeness (QED) is 0.539. The first-order chi connectivity index (χ1) is 14.8. The largest absolute Gasteiger partial charge is 0.484 e. The number of pyridine rings is 1. The van der Waals surface area contributed by atoms with Gasteiger partial charge in [0.1, 0.15) is 5.78 Å². The summed E-state index contributed by atoms with van der Waals surface area (Å²) in [7, 11) is -5.20. The minimum atomic E-state index is -3.74. The van der Waals surface area contributed by atoms with Crippen LogP contribution in [0.25, 0.3) is 10.8 Å². The molecular formula is C21H21BN4O4S. The van der Waals surface area contributed by atoms with Crippen LogP contribution in [-0.4, -0.2) is 54.6 Å². The molecule has 0 saturated carbocycles. The van der Waals surface area contributed by atoms with Crippen LogP contribution in [0.5, 0.6) is 0 Å². The van der Waals surface area contributed by atoms with Crippen LogP contribution in [0.2, 0.25) is 0 Å². The topological polar surface area (TPSA) is 126 Å². The number of carbonyl (C=O) groups excluding carboxylic acids is 1. The first-order valence-corrected chi connectivity index (χ1v) is 11.5. The summed E-state index contributed by atoms with van der Waals surface area (Å²) in [5.74, 6) is -0.647. The van der Waals surface area contributed by atoms with Crippen molar-refractivity contribution < 1.29 is 18.2 Å². The average Bonchev–Trinajstić information content (AvgIpc) is 2.74. The van der Waals surface area contributed by atoms with E-state index >= 15 is 0 Å². The highest BCUT2D eigenvalue weighted by Gasteiger charge is 2.35. The zero-order valence-electron chi connectivity index (χ0n) is 16.8. The summed E-state index contributed by atoms with van der Waals surface area (Å²) in [5.41, 5.74) is 8.38. The van der Waals surface area contributed by atoms with Crippen LogP contribution in [0.4, 0.5) is 0 Å². The lowest BCUT2D eigenvalue weighted by molar-refractivity contribution is -0.119. The van der Waals surface area contributed by atoms with E-state index in [-0.39, 0.29) is 18.7 Å². The van der Waals surface area contributed by atoms with Crippen molar-refractivity contribution in [3.63, 3.8) is 0 Å². The van der Waals surface area contributed by atoms with Gasteiger partial charge in [0, 0.05) is 30.7 Å². The number of fused-ring (bicyclic) bond motifs is 2. The lowest BCUT2D eigenvalue weighted by atomic mass is 9.70. The van der Waals surface area contributed by atoms with E-state index in [9.17, 15) is 18.2 Å². The molecular weight excluding hydrogens is 415 g/mol. The Morgan fingerprint density at radius 2 is 2.00 bits per heavy atom. The molecule has 1 aliphatic rings. The van der Waals surface area contributed by atoms with Crippen LogP contribution in [0.15, 0.2) is 60.0 Å². The molecule has 0 aliphatic carbocycles. The second kappa shape index (κ2) is 8.22. The number of hydrogen-bond donors (Lipinski definition) is 2. The van der Waals surface area contributed by atoms with Crippen LogP contribution in [0, 0.1) is 0 Å². The molecule has 1 unspecified atom stereocenters. The maximum atomic E-state index is 13.1. The molecule has 0 bridgehead atoms. The summed E-state index contributed by atoms with van der Waals surface area (Å²) in [6, 6.07) is 12.8. The van der Waals surface area contributed by atoms with Crippen LogP contribution >= 0.6 is 0 Å². The number of rotatable bonds is 6. The zero-order valence-corrected chi connectivity index (χ0v) is 17.7. The van der Waals surface area contributed by atoms with E-state index in [2.05, 4.69) is 10.1 Å². The number of carbonyl (C=O) groups is 1. The minimum absolute atomic E-state index is 0.0604. The second-order valence-corrected chi connectivity index (χ2v) is 9.37. The number of sulfonamides is 1. The third-order valence-electron chi connectivity index (χ3n) is 5.36. The molecule has 0 fully saturated rings. The summed E-state index contributed by atoms with van der Waals surface area (Å²) >= 11 is 0. The maximum Gasteiger partial charge on any atom is 0.484 e. The normalized spacial score (nSPS) is 14.5. The molecule has 1 aliphatic heterocycles. The summed E-state index contributed by atoms with van der Waals surface area (Å²) in [4.78, 5) is 17.2. The first kappa shape index (κ1) is 21.2. The molecule has 3 aromatic rings. The Morgan fingerprint density at radius 1 is 1.19 bits per heavy atom. The number of ketones is 1. The fourth-order valence-corrected chi connectivity index (χ4v) is 4.43. The smallest absolute Gasteiger partial charge is 0.427 e. The molecule has 3 N–H and O–H groups in total. The van der Waals surface area contributed by atoms with Crippen LogP contribution in [0.1, 0.15) is 22.6 Å². The Bertz CT molecular complexity index is 1300. The SMILES string of the molecule is CS(=O)(=O)N1N=Cc2ccc(C(CN)C(=O)Cc3ccc4cnccc4c3)cc2B1O. The van der Waals surface area contributed by atoms with Crippen LogP contribution in [0.3, 0.4) is 0 Å². The van der Waals surface area contributed by atoms with E-state index in [4.69, 9.17) is 5.73 Å². The molecule has 10 heteroatoms. The third kappa shape index (κ3) is 4.22. The molecule has 31 heavy (non-hydrogen) atoms. The summed E-state index contributed by atoms with van der Waals surface area (Å²) in [5, 5.41) is 16.3. The predicted molar refractivity (Wildman–Crippen MR) is 121 cm³/mol. The molecule has 0 amide bonds. The maximum absolute atomic E-state index is 13.1. The minimum Gasteiger partial charge on any atom is -0.427 e. The van der Waals surface area contributed by atoms with E-state index in [1.54, 1.807) is 30.6 Å². The van der Waals surface area contributed by atoms with E-state index in [1.807, 2.05) is 24.3 Å². The molecule has 158 valence electrons. The van der Waals surface area contributed by atoms with Crippen LogP contribution in [-0.2, 0) is 21.2 Å². The third-order valence-corrected chi connectivity index (χ3v) is 6.33. The Hall–Kier alpha value is -3.08. The summed E-state index contributed by atoms with van der Waals surface area (Å²) in [6.45, 7) is 0.0924. The van der Waals surface area contributed by atoms with Crippen molar-refractivity contribution in [3.8, 4) is 0 Å². The van der Waals surface area contributed by atoms with Crippen molar-refractivity contribution in [3.05, 3.63) is 71.5 Å². The summed E-state index contributed by atoms with van der Waals surface area (Å²) < 4.78 is 24.4. The highest BCUT2D eigenvalue weighted by atomic mass is 32.2. The number of Topliss-reactive ketones (excluding diaryl/α,β-unsaturated/α-hetero) is 1. The van der Waals surface area contributed by atoms with Crippen molar-refractivity contribution in [2.24, 2.45) is 10.8 Å². The number of hydrazone groups is 1. The molecule has 4 rings (SSSR count). The Balaban J connectivity index is 1.61. The predicted octanol–water partition coefficient (Wildman–Crippen LogP) is 0.385. The van der Waals surface area contributed by atoms with E-state index in [0.717, 1.165) is 22.6 Å².